The molecule has 0 atom stereocenters. The van der Waals surface area contributed by atoms with Crippen molar-refractivity contribution >= 4 is 12.3 Å². The van der Waals surface area contributed by atoms with E-state index in [9.17, 15) is 9.65 Å². The van der Waals surface area contributed by atoms with Crippen molar-refractivity contribution in [2.24, 2.45) is 0 Å². The first-order valence-electron chi connectivity index (χ1n) is 8.77. The Morgan fingerprint density at radius 1 is 1.33 bits per heavy atom. The van der Waals surface area contributed by atoms with Crippen LogP contribution in [0.15, 0.2) is 36.5 Å². The number of guanidine groups is 1. The highest BCUT2D eigenvalue weighted by Crippen LogP contribution is 2.37. The Kier molecular flexibility index (Phi) is 5.46. The van der Waals surface area contributed by atoms with Gasteiger partial charge in [0.2, 0.25) is 5.95 Å². The number of nitrogens with zero attached hydrogens (tertiary/aromatic N) is 4. The molecule has 27 heavy (non-hydrogen) atoms. The molecule has 1 aromatic carbocycles. The number of hydrogen-bond donors (Lipinski definition) is 2. The minimum Gasteiger partial charge on any atom is -0.343 e. The highest BCUT2D eigenvalue weighted by atomic mass is 19.1. The molecule has 2 aromatic rings. The van der Waals surface area contributed by atoms with Gasteiger partial charge in [0.15, 0.2) is 5.96 Å². The normalized spacial score (nSPS) is 14.5. The Hall–Kier alpha value is -3.27. The number of piperidine rings is 1. The topological polar surface area (TPSA) is 90.9 Å². The maximum Gasteiger partial charge on any atom is 0.212 e. The number of hydrogen-bond acceptors (Lipinski definition) is 4. The molecule has 1 aliphatic heterocycles. The van der Waals surface area contributed by atoms with E-state index in [0.717, 1.165) is 35.9 Å². The third kappa shape index (κ3) is 3.80. The molecule has 0 aliphatic carbocycles. The molecule has 0 radical (unpaired) electrons. The number of benzene rings is 1. The van der Waals surface area contributed by atoms with E-state index in [0.29, 0.717) is 24.6 Å². The van der Waals surface area contributed by atoms with Crippen molar-refractivity contribution in [3.8, 4) is 17.2 Å². The average Bonchev–Trinajstić information content (AvgIpc) is 2.72. The summed E-state index contributed by atoms with van der Waals surface area (Å²) in [6, 6.07) is 10.9. The number of nitriles is 1. The van der Waals surface area contributed by atoms with Crippen LogP contribution in [0, 0.1) is 28.1 Å². The molecule has 0 amide bonds. The fourth-order valence-electron chi connectivity index (χ4n) is 3.55. The first-order chi connectivity index (χ1) is 13.0. The molecule has 2 N–H and O–H groups in total. The summed E-state index contributed by atoms with van der Waals surface area (Å²) in [4.78, 5) is 7.16. The van der Waals surface area contributed by atoms with Gasteiger partial charge in [0.25, 0.3) is 0 Å². The Balaban J connectivity index is 1.89. The summed E-state index contributed by atoms with van der Waals surface area (Å²) >= 11 is 0. The molecule has 0 bridgehead atoms. The summed E-state index contributed by atoms with van der Waals surface area (Å²) in [6.45, 7) is 1.37. The Morgan fingerprint density at radius 2 is 2.07 bits per heavy atom. The van der Waals surface area contributed by atoms with E-state index in [1.54, 1.807) is 13.1 Å². The van der Waals surface area contributed by atoms with Gasteiger partial charge in [-0.25, -0.2) is 4.98 Å². The van der Waals surface area contributed by atoms with Gasteiger partial charge in [-0.15, -0.1) is 0 Å². The third-order valence-corrected chi connectivity index (χ3v) is 5.00. The summed E-state index contributed by atoms with van der Waals surface area (Å²) in [7, 11) is 1.69. The first kappa shape index (κ1) is 18.5. The van der Waals surface area contributed by atoms with Crippen LogP contribution in [0.4, 0.5) is 4.39 Å². The average molecular weight is 364 g/mol. The lowest BCUT2D eigenvalue weighted by Crippen LogP contribution is -2.45. The van der Waals surface area contributed by atoms with Gasteiger partial charge in [0.05, 0.1) is 18.0 Å². The van der Waals surface area contributed by atoms with E-state index >= 15 is 0 Å². The van der Waals surface area contributed by atoms with Crippen molar-refractivity contribution in [3.63, 3.8) is 0 Å². The number of likely N-dealkylation sites (tertiary alicyclic amines) is 1. The van der Waals surface area contributed by atoms with Crippen LogP contribution in [0.1, 0.15) is 29.9 Å². The molecule has 0 spiro atoms. The molecule has 2 heterocycles. The van der Waals surface area contributed by atoms with Gasteiger partial charge in [-0.05, 0) is 48.1 Å². The van der Waals surface area contributed by atoms with Crippen molar-refractivity contribution in [3.05, 3.63) is 53.6 Å². The molecular weight excluding hydrogens is 343 g/mol. The van der Waals surface area contributed by atoms with Crippen molar-refractivity contribution < 1.29 is 4.39 Å². The van der Waals surface area contributed by atoms with Crippen LogP contribution >= 0.6 is 0 Å². The van der Waals surface area contributed by atoms with Gasteiger partial charge >= 0.3 is 0 Å². The highest BCUT2D eigenvalue weighted by molar-refractivity contribution is 5.87. The molecule has 0 saturated carbocycles. The maximum absolute atomic E-state index is 13.2. The zero-order chi connectivity index (χ0) is 19.4. The monoisotopic (exact) mass is 364 g/mol. The lowest BCUT2D eigenvalue weighted by atomic mass is 9.82. The van der Waals surface area contributed by atoms with Crippen LogP contribution in [0.2, 0.25) is 0 Å². The molecule has 1 saturated heterocycles. The number of halogens is 1. The van der Waals surface area contributed by atoms with Gasteiger partial charge in [0.1, 0.15) is 0 Å². The summed E-state index contributed by atoms with van der Waals surface area (Å²) in [5.41, 5.74) is 3.30. The van der Waals surface area contributed by atoms with E-state index in [2.05, 4.69) is 11.1 Å². The molecule has 7 heteroatoms. The molecular formula is C20H21FN6. The largest absolute Gasteiger partial charge is 0.343 e. The standard InChI is InChI=1S/C20H21FN6/c1-26(13-23)20(24)27-9-7-14(8-10-27)19-15(11-22)3-2-4-17(19)16-5-6-18(21)25-12-16/h2-6,12-14,23-24H,7-10H2,1H3. The first-order valence-corrected chi connectivity index (χ1v) is 8.77. The zero-order valence-corrected chi connectivity index (χ0v) is 15.1. The third-order valence-electron chi connectivity index (χ3n) is 5.00. The van der Waals surface area contributed by atoms with Crippen molar-refractivity contribution in [2.45, 2.75) is 18.8 Å². The minimum atomic E-state index is -0.529. The molecule has 0 unspecified atom stereocenters. The van der Waals surface area contributed by atoms with Crippen molar-refractivity contribution in [1.82, 2.24) is 14.8 Å². The number of pyridine rings is 1. The SMILES string of the molecule is CN(C=N)C(=N)N1CCC(c2c(C#N)cccc2-c2ccc(F)nc2)CC1. The summed E-state index contributed by atoms with van der Waals surface area (Å²) in [6.07, 6.45) is 4.22. The molecule has 1 aliphatic rings. The fraction of sp³-hybridized carbons (Fsp3) is 0.300. The van der Waals surface area contributed by atoms with Gasteiger partial charge < -0.3 is 9.80 Å². The number of aromatic nitrogens is 1. The summed E-state index contributed by atoms with van der Waals surface area (Å²) in [5.74, 6) is -0.0471. The van der Waals surface area contributed by atoms with E-state index in [4.69, 9.17) is 10.8 Å². The van der Waals surface area contributed by atoms with Crippen LogP contribution in [-0.2, 0) is 0 Å². The summed E-state index contributed by atoms with van der Waals surface area (Å²) < 4.78 is 13.2. The predicted octanol–water partition coefficient (Wildman–Crippen LogP) is 3.41. The second-order valence-electron chi connectivity index (χ2n) is 6.57. The Labute approximate surface area is 157 Å². The van der Waals surface area contributed by atoms with Crippen LogP contribution < -0.4 is 0 Å². The van der Waals surface area contributed by atoms with Crippen molar-refractivity contribution in [2.75, 3.05) is 20.1 Å². The summed E-state index contributed by atoms with van der Waals surface area (Å²) in [5, 5.41) is 25.0. The lowest BCUT2D eigenvalue weighted by Gasteiger charge is -2.36. The number of nitrogens with one attached hydrogen (secondary N) is 2. The number of rotatable bonds is 3. The van der Waals surface area contributed by atoms with Crippen LogP contribution in [-0.4, -0.2) is 47.2 Å². The molecule has 6 nitrogen and oxygen atoms in total. The minimum absolute atomic E-state index is 0.176. The smallest absolute Gasteiger partial charge is 0.212 e. The van der Waals surface area contributed by atoms with E-state index in [1.807, 2.05) is 23.1 Å². The Morgan fingerprint density at radius 3 is 2.67 bits per heavy atom. The van der Waals surface area contributed by atoms with Gasteiger partial charge in [-0.2, -0.15) is 9.65 Å². The van der Waals surface area contributed by atoms with Gasteiger partial charge in [-0.3, -0.25) is 10.8 Å². The predicted molar refractivity (Wildman–Crippen MR) is 102 cm³/mol. The van der Waals surface area contributed by atoms with Crippen LogP contribution in [0.5, 0.6) is 0 Å². The molecule has 1 fully saturated rings. The fourth-order valence-corrected chi connectivity index (χ4v) is 3.55. The molecule has 138 valence electrons. The van der Waals surface area contributed by atoms with Crippen LogP contribution in [0.25, 0.3) is 11.1 Å². The maximum atomic E-state index is 13.2. The van der Waals surface area contributed by atoms with Gasteiger partial charge in [0, 0.05) is 31.9 Å². The van der Waals surface area contributed by atoms with Crippen LogP contribution in [0.3, 0.4) is 0 Å². The van der Waals surface area contributed by atoms with E-state index < -0.39 is 5.95 Å². The zero-order valence-electron chi connectivity index (χ0n) is 15.1. The second kappa shape index (κ2) is 7.96. The lowest BCUT2D eigenvalue weighted by molar-refractivity contribution is 0.293. The molecule has 3 rings (SSSR count). The van der Waals surface area contributed by atoms with E-state index in [-0.39, 0.29) is 5.92 Å². The second-order valence-corrected chi connectivity index (χ2v) is 6.57. The highest BCUT2D eigenvalue weighted by Gasteiger charge is 2.27. The van der Waals surface area contributed by atoms with Gasteiger partial charge in [-0.1, -0.05) is 12.1 Å². The quantitative estimate of drug-likeness (QED) is 0.496. The van der Waals surface area contributed by atoms with E-state index in [1.165, 1.54) is 17.2 Å². The molecule has 1 aromatic heterocycles. The van der Waals surface area contributed by atoms with Crippen molar-refractivity contribution in [1.29, 1.82) is 16.1 Å². The Bertz CT molecular complexity index is 878.